The first kappa shape index (κ1) is 15.2. The number of carbonyl (C=O) groups is 1. The van der Waals surface area contributed by atoms with Gasteiger partial charge in [0.1, 0.15) is 5.76 Å². The standard InChI is InChI=1S/C15H13N3O4/c1-11-13(8-10-22-11)15(19)17-16-9-4-6-12-5-2-3-7-14(12)18(20)21/h2-10H,1H3,(H,17,19). The molecule has 2 rings (SSSR count). The lowest BCUT2D eigenvalue weighted by Crippen LogP contribution is -2.17. The lowest BCUT2D eigenvalue weighted by atomic mass is 10.2. The average Bonchev–Trinajstić information content (AvgIpc) is 2.93. The minimum absolute atomic E-state index is 0.00482. The van der Waals surface area contributed by atoms with Crippen LogP contribution in [-0.2, 0) is 0 Å². The van der Waals surface area contributed by atoms with Crippen LogP contribution in [0.1, 0.15) is 21.7 Å². The molecule has 0 aliphatic heterocycles. The summed E-state index contributed by atoms with van der Waals surface area (Å²) >= 11 is 0. The van der Waals surface area contributed by atoms with Gasteiger partial charge < -0.3 is 4.42 Å². The van der Waals surface area contributed by atoms with E-state index in [9.17, 15) is 14.9 Å². The van der Waals surface area contributed by atoms with Gasteiger partial charge in [-0.3, -0.25) is 14.9 Å². The van der Waals surface area contributed by atoms with Gasteiger partial charge in [-0.2, -0.15) is 5.10 Å². The summed E-state index contributed by atoms with van der Waals surface area (Å²) in [6, 6.07) is 7.88. The first-order valence-corrected chi connectivity index (χ1v) is 6.37. The molecule has 0 fully saturated rings. The molecule has 0 aliphatic rings. The normalized spacial score (nSPS) is 11.1. The Kier molecular flexibility index (Phi) is 4.81. The maximum Gasteiger partial charge on any atom is 0.276 e. The lowest BCUT2D eigenvalue weighted by Gasteiger charge is -1.96. The molecule has 7 nitrogen and oxygen atoms in total. The highest BCUT2D eigenvalue weighted by molar-refractivity contribution is 5.95. The summed E-state index contributed by atoms with van der Waals surface area (Å²) in [4.78, 5) is 22.1. The topological polar surface area (TPSA) is 97.7 Å². The van der Waals surface area contributed by atoms with Crippen LogP contribution in [0, 0.1) is 17.0 Å². The molecule has 7 heteroatoms. The Hall–Kier alpha value is -3.22. The van der Waals surface area contributed by atoms with Crippen LogP contribution in [0.4, 0.5) is 5.69 Å². The summed E-state index contributed by atoms with van der Waals surface area (Å²) in [5, 5.41) is 14.6. The molecule has 0 radical (unpaired) electrons. The van der Waals surface area contributed by atoms with Gasteiger partial charge in [-0.1, -0.05) is 12.1 Å². The van der Waals surface area contributed by atoms with Crippen molar-refractivity contribution in [2.24, 2.45) is 5.10 Å². The zero-order valence-corrected chi connectivity index (χ0v) is 11.7. The van der Waals surface area contributed by atoms with E-state index < -0.39 is 4.92 Å². The number of allylic oxidation sites excluding steroid dienone is 1. The summed E-state index contributed by atoms with van der Waals surface area (Å²) in [5.41, 5.74) is 3.20. The van der Waals surface area contributed by atoms with Crippen LogP contribution < -0.4 is 5.43 Å². The second-order valence-electron chi connectivity index (χ2n) is 4.28. The van der Waals surface area contributed by atoms with E-state index in [1.807, 2.05) is 0 Å². The molecule has 1 aromatic carbocycles. The van der Waals surface area contributed by atoms with Gasteiger partial charge in [0.05, 0.1) is 22.3 Å². The van der Waals surface area contributed by atoms with E-state index in [0.717, 1.165) is 0 Å². The van der Waals surface area contributed by atoms with E-state index in [4.69, 9.17) is 4.42 Å². The molecule has 1 N–H and O–H groups in total. The molecule has 22 heavy (non-hydrogen) atoms. The second kappa shape index (κ2) is 6.98. The first-order chi connectivity index (χ1) is 10.6. The van der Waals surface area contributed by atoms with Crippen LogP contribution in [0.3, 0.4) is 0 Å². The number of benzene rings is 1. The van der Waals surface area contributed by atoms with E-state index in [2.05, 4.69) is 10.5 Å². The third kappa shape index (κ3) is 3.66. The maximum atomic E-state index is 11.7. The number of furan rings is 1. The van der Waals surface area contributed by atoms with Crippen molar-refractivity contribution in [3.8, 4) is 0 Å². The highest BCUT2D eigenvalue weighted by Gasteiger charge is 2.10. The van der Waals surface area contributed by atoms with Crippen molar-refractivity contribution in [3.05, 3.63) is 69.7 Å². The fourth-order valence-corrected chi connectivity index (χ4v) is 1.76. The van der Waals surface area contributed by atoms with Crippen molar-refractivity contribution in [3.63, 3.8) is 0 Å². The Labute approximate surface area is 126 Å². The zero-order valence-electron chi connectivity index (χ0n) is 11.7. The van der Waals surface area contributed by atoms with Crippen molar-refractivity contribution in [1.29, 1.82) is 0 Å². The minimum Gasteiger partial charge on any atom is -0.469 e. The molecule has 2 aromatic rings. The third-order valence-electron chi connectivity index (χ3n) is 2.84. The molecule has 112 valence electrons. The number of aryl methyl sites for hydroxylation is 1. The molecule has 0 bridgehead atoms. The monoisotopic (exact) mass is 299 g/mol. The molecule has 1 amide bonds. The van der Waals surface area contributed by atoms with Crippen molar-refractivity contribution in [2.75, 3.05) is 0 Å². The number of para-hydroxylation sites is 1. The Morgan fingerprint density at radius 3 is 2.82 bits per heavy atom. The van der Waals surface area contributed by atoms with E-state index >= 15 is 0 Å². The smallest absolute Gasteiger partial charge is 0.276 e. The summed E-state index contributed by atoms with van der Waals surface area (Å²) in [6.45, 7) is 1.67. The predicted molar refractivity (Wildman–Crippen MR) is 81.5 cm³/mol. The average molecular weight is 299 g/mol. The Bertz CT molecular complexity index is 747. The molecule has 0 saturated heterocycles. The third-order valence-corrected chi connectivity index (χ3v) is 2.84. The van der Waals surface area contributed by atoms with Crippen LogP contribution >= 0.6 is 0 Å². The molecule has 1 aromatic heterocycles. The summed E-state index contributed by atoms with van der Waals surface area (Å²) in [7, 11) is 0. The molecule has 0 unspecified atom stereocenters. The number of amides is 1. The Balaban J connectivity index is 1.97. The fourth-order valence-electron chi connectivity index (χ4n) is 1.76. The number of hydrogen-bond donors (Lipinski definition) is 1. The van der Waals surface area contributed by atoms with Gasteiger partial charge >= 0.3 is 0 Å². The molecule has 0 atom stereocenters. The van der Waals surface area contributed by atoms with E-state index in [1.165, 1.54) is 30.7 Å². The van der Waals surface area contributed by atoms with Gasteiger partial charge in [0.15, 0.2) is 0 Å². The van der Waals surface area contributed by atoms with E-state index in [-0.39, 0.29) is 11.6 Å². The van der Waals surface area contributed by atoms with E-state index in [1.54, 1.807) is 31.2 Å². The molecule has 0 aliphatic carbocycles. The van der Waals surface area contributed by atoms with Crippen molar-refractivity contribution >= 4 is 23.9 Å². The highest BCUT2D eigenvalue weighted by atomic mass is 16.6. The lowest BCUT2D eigenvalue weighted by molar-refractivity contribution is -0.385. The fraction of sp³-hybridized carbons (Fsp3) is 0.0667. The predicted octanol–water partition coefficient (Wildman–Crippen LogP) is 2.93. The van der Waals surface area contributed by atoms with Crippen molar-refractivity contribution in [2.45, 2.75) is 6.92 Å². The summed E-state index contributed by atoms with van der Waals surface area (Å²) < 4.78 is 5.02. The highest BCUT2D eigenvalue weighted by Crippen LogP contribution is 2.18. The number of hydrogen-bond acceptors (Lipinski definition) is 5. The number of nitrogens with one attached hydrogen (secondary N) is 1. The van der Waals surface area contributed by atoms with Gasteiger partial charge in [-0.05, 0) is 31.2 Å². The first-order valence-electron chi connectivity index (χ1n) is 6.37. The molecule has 0 saturated carbocycles. The number of nitrogens with zero attached hydrogens (tertiary/aromatic N) is 2. The quantitative estimate of drug-likeness (QED) is 0.521. The number of carbonyl (C=O) groups excluding carboxylic acids is 1. The second-order valence-corrected chi connectivity index (χ2v) is 4.28. The number of rotatable bonds is 5. The zero-order chi connectivity index (χ0) is 15.9. The Morgan fingerprint density at radius 1 is 1.36 bits per heavy atom. The van der Waals surface area contributed by atoms with Gasteiger partial charge in [0.2, 0.25) is 0 Å². The van der Waals surface area contributed by atoms with Crippen LogP contribution in [-0.4, -0.2) is 17.0 Å². The van der Waals surface area contributed by atoms with Gasteiger partial charge in [0, 0.05) is 12.3 Å². The minimum atomic E-state index is -0.458. The molecular weight excluding hydrogens is 286 g/mol. The van der Waals surface area contributed by atoms with Crippen molar-refractivity contribution in [1.82, 2.24) is 5.43 Å². The van der Waals surface area contributed by atoms with Gasteiger partial charge in [0.25, 0.3) is 11.6 Å². The summed E-state index contributed by atoms with van der Waals surface area (Å²) in [5.74, 6) is 0.116. The molecule has 1 heterocycles. The largest absolute Gasteiger partial charge is 0.469 e. The van der Waals surface area contributed by atoms with Crippen LogP contribution in [0.15, 0.2) is 52.2 Å². The molecule has 0 spiro atoms. The maximum absolute atomic E-state index is 11.7. The number of nitro groups is 1. The van der Waals surface area contributed by atoms with Gasteiger partial charge in [-0.25, -0.2) is 5.43 Å². The van der Waals surface area contributed by atoms with Crippen LogP contribution in [0.5, 0.6) is 0 Å². The van der Waals surface area contributed by atoms with Gasteiger partial charge in [-0.15, -0.1) is 0 Å². The van der Waals surface area contributed by atoms with E-state index in [0.29, 0.717) is 16.9 Å². The van der Waals surface area contributed by atoms with Crippen LogP contribution in [0.2, 0.25) is 0 Å². The molecular formula is C15H13N3O4. The number of nitro benzene ring substituents is 1. The summed E-state index contributed by atoms with van der Waals surface area (Å²) in [6.07, 6.45) is 5.80. The Morgan fingerprint density at radius 2 is 2.14 bits per heavy atom. The van der Waals surface area contributed by atoms with Crippen LogP contribution in [0.25, 0.3) is 6.08 Å². The SMILES string of the molecule is Cc1occc1C(=O)NN=CC=Cc1ccccc1[N+](=O)[O-]. The van der Waals surface area contributed by atoms with Crippen molar-refractivity contribution < 1.29 is 14.1 Å². The number of hydrazone groups is 1.